The molecule has 0 saturated carbocycles. The molecule has 0 fully saturated rings. The van der Waals surface area contributed by atoms with Gasteiger partial charge >= 0.3 is 12.1 Å². The molecule has 0 spiro atoms. The normalized spacial score (nSPS) is 16.5. The van der Waals surface area contributed by atoms with Crippen LogP contribution in [0, 0.1) is 11.6 Å². The Morgan fingerprint density at radius 2 is 1.67 bits per heavy atom. The van der Waals surface area contributed by atoms with Crippen LogP contribution in [0.15, 0.2) is 24.4 Å². The third-order valence-corrected chi connectivity index (χ3v) is 3.72. The molecule has 0 aliphatic heterocycles. The smallest absolute Gasteiger partial charge is 0.345 e. The molecule has 0 atom stereocenters. The summed E-state index contributed by atoms with van der Waals surface area (Å²) >= 11 is 0. The van der Waals surface area contributed by atoms with Gasteiger partial charge in [0.25, 0.3) is 0 Å². The van der Waals surface area contributed by atoms with E-state index in [2.05, 4.69) is 0 Å². The molecule has 1 heterocycles. The van der Waals surface area contributed by atoms with Crippen LogP contribution in [0.4, 0.5) is 30.7 Å². The highest BCUT2D eigenvalue weighted by molar-refractivity contribution is 6.07. The predicted octanol–water partition coefficient (Wildman–Crippen LogP) is 4.21. The molecule has 128 valence electrons. The molecule has 0 saturated heterocycles. The molecule has 1 aliphatic carbocycles. The molecule has 0 unspecified atom stereocenters. The van der Waals surface area contributed by atoms with Gasteiger partial charge in [-0.25, -0.2) is 8.78 Å². The lowest BCUT2D eigenvalue weighted by Crippen LogP contribution is -2.26. The summed E-state index contributed by atoms with van der Waals surface area (Å²) in [6, 6.07) is 2.32. The zero-order valence-corrected chi connectivity index (χ0v) is 11.7. The molecule has 0 bridgehead atoms. The van der Waals surface area contributed by atoms with Crippen LogP contribution in [0.25, 0.3) is 0 Å². The number of alkyl halides is 5. The van der Waals surface area contributed by atoms with Crippen LogP contribution < -0.4 is 0 Å². The summed E-state index contributed by atoms with van der Waals surface area (Å²) in [5, 5.41) is 0. The zero-order chi connectivity index (χ0) is 17.9. The molecular weight excluding hydrogens is 343 g/mol. The van der Waals surface area contributed by atoms with E-state index in [-0.39, 0.29) is 5.56 Å². The molecule has 1 aromatic heterocycles. The lowest BCUT2D eigenvalue weighted by molar-refractivity contribution is -0.137. The van der Waals surface area contributed by atoms with Gasteiger partial charge in [0.05, 0.1) is 17.5 Å². The highest BCUT2D eigenvalue weighted by Gasteiger charge is 2.53. The first-order valence-corrected chi connectivity index (χ1v) is 6.66. The van der Waals surface area contributed by atoms with E-state index in [1.54, 1.807) is 0 Å². The van der Waals surface area contributed by atoms with Gasteiger partial charge in [-0.2, -0.15) is 22.0 Å². The van der Waals surface area contributed by atoms with Crippen molar-refractivity contribution in [2.24, 2.45) is 0 Å². The number of carbonyl (C=O) groups excluding carboxylic acids is 1. The Kier molecular flexibility index (Phi) is 3.50. The van der Waals surface area contributed by atoms with Crippen LogP contribution in [-0.4, -0.2) is 16.3 Å². The van der Waals surface area contributed by atoms with Crippen LogP contribution in [-0.2, 0) is 19.1 Å². The Balaban J connectivity index is 2.11. The number of nitrogens with zero attached hydrogens (tertiary/aromatic N) is 1. The van der Waals surface area contributed by atoms with Gasteiger partial charge in [-0.05, 0) is 17.7 Å². The number of rotatable bonds is 2. The van der Waals surface area contributed by atoms with Crippen LogP contribution in [0.3, 0.4) is 0 Å². The van der Waals surface area contributed by atoms with Gasteiger partial charge in [-0.15, -0.1) is 0 Å². The van der Waals surface area contributed by atoms with Crippen molar-refractivity contribution >= 4 is 5.78 Å². The van der Waals surface area contributed by atoms with Crippen LogP contribution >= 0.6 is 0 Å². The Morgan fingerprint density at radius 3 is 2.21 bits per heavy atom. The van der Waals surface area contributed by atoms with E-state index < -0.39 is 59.3 Å². The Hall–Kier alpha value is -2.32. The molecule has 2 nitrogen and oxygen atoms in total. The second-order valence-electron chi connectivity index (χ2n) is 5.48. The molecule has 0 radical (unpaired) electrons. The first-order valence-electron chi connectivity index (χ1n) is 6.66. The second-order valence-corrected chi connectivity index (χ2v) is 5.48. The zero-order valence-electron chi connectivity index (χ0n) is 11.7. The van der Waals surface area contributed by atoms with Crippen molar-refractivity contribution in [3.05, 3.63) is 58.4 Å². The number of ketones is 1. The number of halogens is 7. The van der Waals surface area contributed by atoms with E-state index >= 15 is 0 Å². The maximum absolute atomic E-state index is 13.5. The summed E-state index contributed by atoms with van der Waals surface area (Å²) in [6.45, 7) is -0.476. The number of hydrogen-bond acceptors (Lipinski definition) is 1. The maximum Gasteiger partial charge on any atom is 0.418 e. The highest BCUT2D eigenvalue weighted by atomic mass is 19.4. The van der Waals surface area contributed by atoms with Crippen molar-refractivity contribution in [1.82, 2.24) is 4.57 Å². The summed E-state index contributed by atoms with van der Waals surface area (Å²) in [7, 11) is 0. The number of aromatic nitrogens is 1. The van der Waals surface area contributed by atoms with Gasteiger partial charge in [0.2, 0.25) is 5.78 Å². The fourth-order valence-electron chi connectivity index (χ4n) is 2.77. The molecule has 0 amide bonds. The van der Waals surface area contributed by atoms with Crippen LogP contribution in [0.1, 0.15) is 27.2 Å². The standard InChI is InChI=1S/C15H8F7NO/c16-8-1-7(2-9(17)3-8)5-23-6-10(15(20,21)22)12-11(23)4-14(18,19)13(12)24/h1-3,6H,4-5H2. The number of Topliss-reactive ketones (excluding diaryl/α,β-unsaturated/α-hetero) is 1. The summed E-state index contributed by atoms with van der Waals surface area (Å²) in [5.74, 6) is -7.73. The maximum atomic E-state index is 13.5. The quantitative estimate of drug-likeness (QED) is 0.743. The van der Waals surface area contributed by atoms with E-state index in [9.17, 15) is 35.5 Å². The van der Waals surface area contributed by atoms with Gasteiger partial charge in [-0.3, -0.25) is 4.79 Å². The van der Waals surface area contributed by atoms with Crippen molar-refractivity contribution < 1.29 is 35.5 Å². The van der Waals surface area contributed by atoms with Crippen molar-refractivity contribution in [3.8, 4) is 0 Å². The van der Waals surface area contributed by atoms with E-state index in [1.165, 1.54) is 0 Å². The number of benzene rings is 1. The molecule has 3 rings (SSSR count). The fourth-order valence-corrected chi connectivity index (χ4v) is 2.77. The highest BCUT2D eigenvalue weighted by Crippen LogP contribution is 2.43. The Morgan fingerprint density at radius 1 is 1.08 bits per heavy atom. The Bertz CT molecular complexity index is 815. The van der Waals surface area contributed by atoms with Gasteiger partial charge in [0.15, 0.2) is 0 Å². The third kappa shape index (κ3) is 2.67. The first-order chi connectivity index (χ1) is 11.0. The predicted molar refractivity (Wildman–Crippen MR) is 67.9 cm³/mol. The molecule has 1 aliphatic rings. The van der Waals surface area contributed by atoms with E-state index in [0.29, 0.717) is 12.3 Å². The number of carbonyl (C=O) groups is 1. The molecule has 2 aromatic rings. The SMILES string of the molecule is O=C1c2c(C(F)(F)F)cn(Cc3cc(F)cc(F)c3)c2CC1(F)F. The summed E-state index contributed by atoms with van der Waals surface area (Å²) < 4.78 is 93.3. The molecule has 0 N–H and O–H groups in total. The average Bonchev–Trinajstić information content (AvgIpc) is 2.85. The van der Waals surface area contributed by atoms with Crippen molar-refractivity contribution in [2.45, 2.75) is 25.1 Å². The van der Waals surface area contributed by atoms with Gasteiger partial charge in [0, 0.05) is 24.5 Å². The summed E-state index contributed by atoms with van der Waals surface area (Å²) in [5.41, 5.74) is -3.11. The van der Waals surface area contributed by atoms with E-state index in [0.717, 1.165) is 16.7 Å². The largest absolute Gasteiger partial charge is 0.418 e. The van der Waals surface area contributed by atoms with Gasteiger partial charge in [-0.1, -0.05) is 0 Å². The van der Waals surface area contributed by atoms with E-state index in [4.69, 9.17) is 0 Å². The average molecular weight is 351 g/mol. The van der Waals surface area contributed by atoms with Crippen LogP contribution in [0.2, 0.25) is 0 Å². The molecule has 9 heteroatoms. The molecule has 24 heavy (non-hydrogen) atoms. The van der Waals surface area contributed by atoms with Crippen molar-refractivity contribution in [1.29, 1.82) is 0 Å². The lowest BCUT2D eigenvalue weighted by atomic mass is 10.1. The number of hydrogen-bond donors (Lipinski definition) is 0. The minimum absolute atomic E-state index is 0.0540. The van der Waals surface area contributed by atoms with Gasteiger partial charge in [0.1, 0.15) is 11.6 Å². The van der Waals surface area contributed by atoms with Crippen molar-refractivity contribution in [3.63, 3.8) is 0 Å². The summed E-state index contributed by atoms with van der Waals surface area (Å²) in [4.78, 5) is 11.6. The van der Waals surface area contributed by atoms with E-state index in [1.807, 2.05) is 0 Å². The number of fused-ring (bicyclic) bond motifs is 1. The van der Waals surface area contributed by atoms with Crippen LogP contribution in [0.5, 0.6) is 0 Å². The topological polar surface area (TPSA) is 22.0 Å². The minimum atomic E-state index is -5.00. The first kappa shape index (κ1) is 16.5. The minimum Gasteiger partial charge on any atom is -0.345 e. The fraction of sp³-hybridized carbons (Fsp3) is 0.267. The molecule has 1 aromatic carbocycles. The van der Waals surface area contributed by atoms with Gasteiger partial charge < -0.3 is 4.57 Å². The summed E-state index contributed by atoms with van der Waals surface area (Å²) in [6.07, 6.45) is -5.67. The van der Waals surface area contributed by atoms with Crippen molar-refractivity contribution in [2.75, 3.05) is 0 Å². The second kappa shape index (κ2) is 5.09. The lowest BCUT2D eigenvalue weighted by Gasteiger charge is -2.11. The Labute approximate surface area is 130 Å². The third-order valence-electron chi connectivity index (χ3n) is 3.72. The molecular formula is C15H8F7NO. The monoisotopic (exact) mass is 351 g/mol.